The van der Waals surface area contributed by atoms with Gasteiger partial charge in [-0.05, 0) is 42.7 Å². The molecular weight excluding hydrogens is 388 g/mol. The lowest BCUT2D eigenvalue weighted by atomic mass is 10.1. The van der Waals surface area contributed by atoms with Gasteiger partial charge in [0.05, 0.1) is 19.9 Å². The van der Waals surface area contributed by atoms with Crippen LogP contribution in [0.5, 0.6) is 17.2 Å². The molecule has 2 rings (SSSR count). The predicted octanol–water partition coefficient (Wildman–Crippen LogP) is 3.35. The Morgan fingerprint density at radius 3 is 2.57 bits per heavy atom. The van der Waals surface area contributed by atoms with Gasteiger partial charge in [0, 0.05) is 11.1 Å². The molecule has 0 radical (unpaired) electrons. The molecule has 0 unspecified atom stereocenters. The van der Waals surface area contributed by atoms with E-state index in [-0.39, 0.29) is 0 Å². The molecule has 0 heterocycles. The molecule has 0 aromatic heterocycles. The normalized spacial score (nSPS) is 10.8. The Bertz CT molecular complexity index is 895. The predicted molar refractivity (Wildman–Crippen MR) is 113 cm³/mol. The lowest BCUT2D eigenvalue weighted by Crippen LogP contribution is -2.18. The van der Waals surface area contributed by atoms with Gasteiger partial charge < -0.3 is 19.3 Å². The van der Waals surface area contributed by atoms with Crippen LogP contribution in [0.3, 0.4) is 0 Å². The zero-order chi connectivity index (χ0) is 21.9. The number of amides is 1. The highest BCUT2D eigenvalue weighted by Crippen LogP contribution is 2.28. The standard InChI is InChI=1S/C22H26N2O6/c1-15(2)10-11-29-19-9-8-16(12-20(19)28-3)22(27)24-23-13-17-6-4-5-7-18(17)30-14-21(25)26/h4-9,12-13,15H,10-11,14H2,1-3H3,(H,24,27)(H,25,26)/b23-13+. The third-order valence-electron chi connectivity index (χ3n) is 4.02. The highest BCUT2D eigenvalue weighted by Gasteiger charge is 2.11. The summed E-state index contributed by atoms with van der Waals surface area (Å²) in [6, 6.07) is 11.7. The van der Waals surface area contributed by atoms with E-state index < -0.39 is 18.5 Å². The average Bonchev–Trinajstić information content (AvgIpc) is 2.72. The molecular formula is C22H26N2O6. The minimum absolute atomic E-state index is 0.350. The van der Waals surface area contributed by atoms with Crippen LogP contribution in [0.2, 0.25) is 0 Å². The van der Waals surface area contributed by atoms with E-state index >= 15 is 0 Å². The lowest BCUT2D eigenvalue weighted by Gasteiger charge is -2.12. The van der Waals surface area contributed by atoms with Crippen molar-refractivity contribution in [3.8, 4) is 17.2 Å². The Kier molecular flexibility index (Phi) is 8.68. The van der Waals surface area contributed by atoms with Crippen molar-refractivity contribution in [2.24, 2.45) is 11.0 Å². The van der Waals surface area contributed by atoms with Crippen LogP contribution in [0.25, 0.3) is 0 Å². The van der Waals surface area contributed by atoms with Gasteiger partial charge in [0.1, 0.15) is 5.75 Å². The fourth-order valence-electron chi connectivity index (χ4n) is 2.42. The summed E-state index contributed by atoms with van der Waals surface area (Å²) in [5.41, 5.74) is 3.32. The molecule has 0 aliphatic carbocycles. The second-order valence-corrected chi connectivity index (χ2v) is 6.82. The largest absolute Gasteiger partial charge is 0.493 e. The number of carboxylic acids is 1. The fourth-order valence-corrected chi connectivity index (χ4v) is 2.42. The molecule has 2 N–H and O–H groups in total. The smallest absolute Gasteiger partial charge is 0.341 e. The number of para-hydroxylation sites is 1. The third kappa shape index (κ3) is 7.12. The molecule has 30 heavy (non-hydrogen) atoms. The zero-order valence-electron chi connectivity index (χ0n) is 17.3. The Morgan fingerprint density at radius 1 is 1.10 bits per heavy atom. The van der Waals surface area contributed by atoms with Gasteiger partial charge in [-0.2, -0.15) is 5.10 Å². The number of carbonyl (C=O) groups excluding carboxylic acids is 1. The van der Waals surface area contributed by atoms with Crippen LogP contribution in [-0.4, -0.2) is 43.5 Å². The van der Waals surface area contributed by atoms with Crippen molar-refractivity contribution in [2.75, 3.05) is 20.3 Å². The first-order valence-corrected chi connectivity index (χ1v) is 9.48. The summed E-state index contributed by atoms with van der Waals surface area (Å²) in [4.78, 5) is 23.1. The fraction of sp³-hybridized carbons (Fsp3) is 0.318. The third-order valence-corrected chi connectivity index (χ3v) is 4.02. The van der Waals surface area contributed by atoms with E-state index in [0.29, 0.717) is 40.9 Å². The van der Waals surface area contributed by atoms with Gasteiger partial charge in [0.25, 0.3) is 5.91 Å². The van der Waals surface area contributed by atoms with Gasteiger partial charge >= 0.3 is 5.97 Å². The molecule has 0 saturated heterocycles. The topological polar surface area (TPSA) is 106 Å². The molecule has 0 spiro atoms. The van der Waals surface area contributed by atoms with Crippen LogP contribution < -0.4 is 19.6 Å². The van der Waals surface area contributed by atoms with E-state index in [1.165, 1.54) is 13.3 Å². The molecule has 8 heteroatoms. The van der Waals surface area contributed by atoms with E-state index in [1.807, 2.05) is 0 Å². The molecule has 2 aromatic carbocycles. The van der Waals surface area contributed by atoms with Crippen LogP contribution in [0.4, 0.5) is 0 Å². The maximum absolute atomic E-state index is 12.4. The van der Waals surface area contributed by atoms with Gasteiger partial charge in [-0.3, -0.25) is 4.79 Å². The number of hydrogen-bond donors (Lipinski definition) is 2. The Morgan fingerprint density at radius 2 is 1.87 bits per heavy atom. The molecule has 0 aliphatic rings. The molecule has 1 amide bonds. The Labute approximate surface area is 175 Å². The van der Waals surface area contributed by atoms with Crippen LogP contribution in [0.15, 0.2) is 47.6 Å². The Hall–Kier alpha value is -3.55. The lowest BCUT2D eigenvalue weighted by molar-refractivity contribution is -0.139. The highest BCUT2D eigenvalue weighted by atomic mass is 16.5. The van der Waals surface area contributed by atoms with E-state index in [9.17, 15) is 9.59 Å². The second-order valence-electron chi connectivity index (χ2n) is 6.82. The highest BCUT2D eigenvalue weighted by molar-refractivity contribution is 5.95. The number of nitrogens with one attached hydrogen (secondary N) is 1. The average molecular weight is 414 g/mol. The van der Waals surface area contributed by atoms with Crippen LogP contribution >= 0.6 is 0 Å². The summed E-state index contributed by atoms with van der Waals surface area (Å²) < 4.78 is 16.2. The van der Waals surface area contributed by atoms with Gasteiger partial charge in [-0.1, -0.05) is 26.0 Å². The van der Waals surface area contributed by atoms with Crippen LogP contribution in [0, 0.1) is 5.92 Å². The monoisotopic (exact) mass is 414 g/mol. The molecule has 0 bridgehead atoms. The molecule has 0 saturated carbocycles. The van der Waals surface area contributed by atoms with Gasteiger partial charge in [-0.25, -0.2) is 10.2 Å². The van der Waals surface area contributed by atoms with E-state index in [4.69, 9.17) is 19.3 Å². The SMILES string of the molecule is COc1cc(C(=O)N/N=C/c2ccccc2OCC(=O)O)ccc1OCCC(C)C. The maximum Gasteiger partial charge on any atom is 0.341 e. The van der Waals surface area contributed by atoms with Gasteiger partial charge in [-0.15, -0.1) is 0 Å². The first kappa shape index (κ1) is 22.7. The number of hydrogen-bond acceptors (Lipinski definition) is 6. The summed E-state index contributed by atoms with van der Waals surface area (Å²) in [5, 5.41) is 12.7. The van der Waals surface area contributed by atoms with E-state index in [1.54, 1.807) is 42.5 Å². The minimum Gasteiger partial charge on any atom is -0.493 e. The maximum atomic E-state index is 12.4. The van der Waals surface area contributed by atoms with Crippen molar-refractivity contribution < 1.29 is 28.9 Å². The molecule has 8 nitrogen and oxygen atoms in total. The van der Waals surface area contributed by atoms with Crippen LogP contribution in [0.1, 0.15) is 36.2 Å². The van der Waals surface area contributed by atoms with Crippen molar-refractivity contribution in [1.29, 1.82) is 0 Å². The first-order chi connectivity index (χ1) is 14.4. The number of hydrazone groups is 1. The molecule has 160 valence electrons. The molecule has 0 aliphatic heterocycles. The number of carboxylic acid groups (broad SMARTS) is 1. The summed E-state index contributed by atoms with van der Waals surface area (Å²) in [5.74, 6) is 0.398. The number of nitrogens with zero attached hydrogens (tertiary/aromatic N) is 1. The molecule has 2 aromatic rings. The zero-order valence-corrected chi connectivity index (χ0v) is 17.3. The quantitative estimate of drug-likeness (QED) is 0.431. The van der Waals surface area contributed by atoms with Crippen molar-refractivity contribution >= 4 is 18.1 Å². The van der Waals surface area contributed by atoms with Crippen molar-refractivity contribution in [3.05, 3.63) is 53.6 Å². The van der Waals surface area contributed by atoms with Gasteiger partial charge in [0.15, 0.2) is 18.1 Å². The summed E-state index contributed by atoms with van der Waals surface area (Å²) >= 11 is 0. The summed E-state index contributed by atoms with van der Waals surface area (Å²) in [7, 11) is 1.51. The first-order valence-electron chi connectivity index (χ1n) is 9.48. The van der Waals surface area contributed by atoms with E-state index in [2.05, 4.69) is 24.4 Å². The number of carbonyl (C=O) groups is 2. The van der Waals surface area contributed by atoms with Crippen molar-refractivity contribution in [2.45, 2.75) is 20.3 Å². The number of benzene rings is 2. The molecule has 0 atom stereocenters. The number of ether oxygens (including phenoxy) is 3. The summed E-state index contributed by atoms with van der Waals surface area (Å²) in [6.07, 6.45) is 2.30. The minimum atomic E-state index is -1.08. The van der Waals surface area contributed by atoms with Crippen molar-refractivity contribution in [3.63, 3.8) is 0 Å². The van der Waals surface area contributed by atoms with Crippen LogP contribution in [-0.2, 0) is 4.79 Å². The number of methoxy groups -OCH3 is 1. The second kappa shape index (κ2) is 11.5. The Balaban J connectivity index is 2.02. The van der Waals surface area contributed by atoms with Gasteiger partial charge in [0.2, 0.25) is 0 Å². The van der Waals surface area contributed by atoms with E-state index in [0.717, 1.165) is 6.42 Å². The summed E-state index contributed by atoms with van der Waals surface area (Å²) in [6.45, 7) is 4.33. The molecule has 0 fully saturated rings. The number of aliphatic carboxylic acids is 1. The number of rotatable bonds is 11. The van der Waals surface area contributed by atoms with Crippen molar-refractivity contribution in [1.82, 2.24) is 5.43 Å².